The summed E-state index contributed by atoms with van der Waals surface area (Å²) < 4.78 is 10.6. The number of aliphatic imine (C=N–C) groups is 1. The van der Waals surface area contributed by atoms with Gasteiger partial charge >= 0.3 is 11.9 Å². The van der Waals surface area contributed by atoms with Gasteiger partial charge in [0.1, 0.15) is 12.5 Å². The van der Waals surface area contributed by atoms with E-state index in [0.29, 0.717) is 22.5 Å². The maximum Gasteiger partial charge on any atom is 0.336 e. The van der Waals surface area contributed by atoms with Crippen molar-refractivity contribution in [2.45, 2.75) is 26.7 Å². The van der Waals surface area contributed by atoms with E-state index in [4.69, 9.17) is 9.47 Å². The van der Waals surface area contributed by atoms with E-state index in [0.717, 1.165) is 0 Å². The van der Waals surface area contributed by atoms with Gasteiger partial charge in [-0.25, -0.2) is 4.79 Å². The first-order valence-corrected chi connectivity index (χ1v) is 11.3. The topological polar surface area (TPSA) is 150 Å². The maximum atomic E-state index is 13.2. The highest BCUT2D eigenvalue weighted by atomic mass is 16.6. The van der Waals surface area contributed by atoms with Gasteiger partial charge in [0.15, 0.2) is 0 Å². The highest BCUT2D eigenvalue weighted by molar-refractivity contribution is 6.07. The van der Waals surface area contributed by atoms with Crippen LogP contribution in [0, 0.1) is 16.0 Å². The molecule has 0 radical (unpaired) electrons. The summed E-state index contributed by atoms with van der Waals surface area (Å²) in [4.78, 5) is 57.3. The molecule has 1 aliphatic heterocycles. The molecule has 1 aliphatic rings. The first-order chi connectivity index (χ1) is 17.2. The van der Waals surface area contributed by atoms with Crippen molar-refractivity contribution in [2.24, 2.45) is 10.9 Å². The number of allylic oxidation sites excluding steroid dienone is 1. The molecule has 11 nitrogen and oxygen atoms in total. The number of aromatic nitrogens is 1. The highest BCUT2D eigenvalue weighted by Crippen LogP contribution is 2.40. The van der Waals surface area contributed by atoms with Gasteiger partial charge in [-0.1, -0.05) is 12.1 Å². The van der Waals surface area contributed by atoms with Gasteiger partial charge in [0, 0.05) is 41.9 Å². The zero-order valence-electron chi connectivity index (χ0n) is 20.1. The van der Waals surface area contributed by atoms with Crippen LogP contribution in [0.25, 0.3) is 0 Å². The predicted molar refractivity (Wildman–Crippen MR) is 129 cm³/mol. The van der Waals surface area contributed by atoms with Gasteiger partial charge in [-0.2, -0.15) is 0 Å². The van der Waals surface area contributed by atoms with Crippen LogP contribution in [0.5, 0.6) is 0 Å². The fraction of sp³-hybridized carbons (Fsp3) is 0.320. The largest absolute Gasteiger partial charge is 0.465 e. The van der Waals surface area contributed by atoms with E-state index in [-0.39, 0.29) is 36.9 Å². The highest BCUT2D eigenvalue weighted by Gasteiger charge is 2.42. The van der Waals surface area contributed by atoms with Crippen molar-refractivity contribution in [3.8, 4) is 0 Å². The number of amides is 1. The Balaban J connectivity index is 1.85. The summed E-state index contributed by atoms with van der Waals surface area (Å²) in [6, 6.07) is 8.98. The second-order valence-electron chi connectivity index (χ2n) is 7.95. The molecule has 0 bridgehead atoms. The van der Waals surface area contributed by atoms with Crippen LogP contribution in [-0.2, 0) is 19.1 Å². The Bertz CT molecular complexity index is 1220. The van der Waals surface area contributed by atoms with Crippen LogP contribution >= 0.6 is 0 Å². The molecular formula is C25H26N4O7. The predicted octanol–water partition coefficient (Wildman–Crippen LogP) is 2.97. The molecule has 3 rings (SSSR count). The van der Waals surface area contributed by atoms with E-state index in [9.17, 15) is 24.5 Å². The molecule has 2 heterocycles. The van der Waals surface area contributed by atoms with Crippen LogP contribution in [0.3, 0.4) is 0 Å². The number of pyridine rings is 1. The van der Waals surface area contributed by atoms with E-state index in [1.54, 1.807) is 45.2 Å². The third kappa shape index (κ3) is 5.98. The number of nitro benzene ring substituents is 1. The minimum Gasteiger partial charge on any atom is -0.465 e. The lowest BCUT2D eigenvalue weighted by atomic mass is 9.75. The standard InChI is InChI=1S/C25H26N4O7/c1-4-35-24(31)20-15(2)28-16(3)21(22(20)17-7-5-9-19(13-17)29(33)34)25(32)36-12-11-27-23(30)18-8-6-10-26-14-18/h5-10,13-14,20,22H,4,11-12H2,1-3H3,(H,27,30)/t20?,22-/m0/s1. The van der Waals surface area contributed by atoms with Crippen LogP contribution in [0.2, 0.25) is 0 Å². The molecule has 1 aromatic heterocycles. The molecule has 0 saturated carbocycles. The number of ether oxygens (including phenoxy) is 2. The molecule has 1 N–H and O–H groups in total. The van der Waals surface area contributed by atoms with E-state index in [1.807, 2.05) is 0 Å². The lowest BCUT2D eigenvalue weighted by Gasteiger charge is -2.31. The van der Waals surface area contributed by atoms with Crippen molar-refractivity contribution in [1.29, 1.82) is 0 Å². The van der Waals surface area contributed by atoms with Crippen LogP contribution in [0.4, 0.5) is 5.69 Å². The Morgan fingerprint density at radius 3 is 2.58 bits per heavy atom. The number of nitro groups is 1. The number of benzene rings is 1. The molecule has 0 saturated heterocycles. The zero-order chi connectivity index (χ0) is 26.2. The quantitative estimate of drug-likeness (QED) is 0.242. The SMILES string of the molecule is CCOC(=O)C1C(C)=NC(C)=C(C(=O)OCCNC(=O)c2cccnc2)[C@H]1c1cccc([N+](=O)[O-])c1. The van der Waals surface area contributed by atoms with Gasteiger partial charge in [0.05, 0.1) is 29.2 Å². The molecular weight excluding hydrogens is 468 g/mol. The third-order valence-electron chi connectivity index (χ3n) is 5.57. The molecule has 1 unspecified atom stereocenters. The molecule has 11 heteroatoms. The summed E-state index contributed by atoms with van der Waals surface area (Å²) in [7, 11) is 0. The Hall–Kier alpha value is -4.41. The molecule has 0 spiro atoms. The number of hydrogen-bond donors (Lipinski definition) is 1. The summed E-state index contributed by atoms with van der Waals surface area (Å²) in [6.07, 6.45) is 2.96. The molecule has 2 atom stereocenters. The number of nitrogens with one attached hydrogen (secondary N) is 1. The first kappa shape index (κ1) is 26.2. The Labute approximate surface area is 207 Å². The lowest BCUT2D eigenvalue weighted by Crippen LogP contribution is -2.37. The normalized spacial score (nSPS) is 17.1. The van der Waals surface area contributed by atoms with Gasteiger partial charge in [0.2, 0.25) is 0 Å². The van der Waals surface area contributed by atoms with Gasteiger partial charge in [-0.3, -0.25) is 29.7 Å². The van der Waals surface area contributed by atoms with Crippen molar-refractivity contribution < 1.29 is 28.8 Å². The summed E-state index contributed by atoms with van der Waals surface area (Å²) in [5.41, 5.74) is 1.41. The number of carbonyl (C=O) groups excluding carboxylic acids is 3. The second kappa shape index (κ2) is 11.8. The number of carbonyl (C=O) groups is 3. The zero-order valence-corrected chi connectivity index (χ0v) is 20.1. The van der Waals surface area contributed by atoms with Crippen molar-refractivity contribution in [2.75, 3.05) is 19.8 Å². The van der Waals surface area contributed by atoms with E-state index < -0.39 is 28.7 Å². The fourth-order valence-electron chi connectivity index (χ4n) is 4.02. The van der Waals surface area contributed by atoms with E-state index >= 15 is 0 Å². The number of non-ortho nitro benzene ring substituents is 1. The minimum absolute atomic E-state index is 0.0386. The monoisotopic (exact) mass is 494 g/mol. The molecule has 2 aromatic rings. The van der Waals surface area contributed by atoms with Crippen LogP contribution in [0.15, 0.2) is 65.1 Å². The lowest BCUT2D eigenvalue weighted by molar-refractivity contribution is -0.384. The molecule has 1 amide bonds. The molecule has 188 valence electrons. The Morgan fingerprint density at radius 1 is 1.14 bits per heavy atom. The summed E-state index contributed by atoms with van der Waals surface area (Å²) in [5.74, 6) is -3.59. The van der Waals surface area contributed by atoms with E-state index in [2.05, 4.69) is 15.3 Å². The van der Waals surface area contributed by atoms with Crippen LogP contribution in [-0.4, -0.2) is 53.2 Å². The van der Waals surface area contributed by atoms with Crippen LogP contribution in [0.1, 0.15) is 42.6 Å². The smallest absolute Gasteiger partial charge is 0.336 e. The number of esters is 2. The number of nitrogens with zero attached hydrogens (tertiary/aromatic N) is 3. The molecule has 0 fully saturated rings. The molecule has 0 aliphatic carbocycles. The van der Waals surface area contributed by atoms with Gasteiger partial charge in [0.25, 0.3) is 11.6 Å². The van der Waals surface area contributed by atoms with Crippen molar-refractivity contribution in [1.82, 2.24) is 10.3 Å². The summed E-state index contributed by atoms with van der Waals surface area (Å²) in [5, 5.41) is 14.0. The maximum absolute atomic E-state index is 13.2. The fourth-order valence-corrected chi connectivity index (χ4v) is 4.02. The van der Waals surface area contributed by atoms with Crippen molar-refractivity contribution in [3.63, 3.8) is 0 Å². The van der Waals surface area contributed by atoms with Crippen LogP contribution < -0.4 is 5.32 Å². The Kier molecular flexibility index (Phi) is 8.61. The third-order valence-corrected chi connectivity index (χ3v) is 5.57. The number of rotatable bonds is 9. The minimum atomic E-state index is -0.969. The van der Waals surface area contributed by atoms with Crippen molar-refractivity contribution in [3.05, 3.63) is 81.3 Å². The number of hydrogen-bond acceptors (Lipinski definition) is 9. The van der Waals surface area contributed by atoms with Gasteiger partial charge in [-0.05, 0) is 38.5 Å². The van der Waals surface area contributed by atoms with Gasteiger partial charge < -0.3 is 14.8 Å². The first-order valence-electron chi connectivity index (χ1n) is 11.3. The average molecular weight is 495 g/mol. The summed E-state index contributed by atoms with van der Waals surface area (Å²) in [6.45, 7) is 4.92. The van der Waals surface area contributed by atoms with Crippen molar-refractivity contribution >= 4 is 29.2 Å². The Morgan fingerprint density at radius 2 is 1.92 bits per heavy atom. The molecule has 36 heavy (non-hydrogen) atoms. The summed E-state index contributed by atoms with van der Waals surface area (Å²) >= 11 is 0. The second-order valence-corrected chi connectivity index (χ2v) is 7.95. The van der Waals surface area contributed by atoms with E-state index in [1.165, 1.54) is 24.4 Å². The average Bonchev–Trinajstić information content (AvgIpc) is 2.86. The molecule has 1 aromatic carbocycles. The van der Waals surface area contributed by atoms with Gasteiger partial charge in [-0.15, -0.1) is 0 Å².